The van der Waals surface area contributed by atoms with Crippen LogP contribution in [0.4, 0.5) is 26.3 Å². The SMILES string of the molecule is Cc1cc2c(C(F)(F)F)c(C#N)ccc2n1C(C)c1noc(-c2cccc(C(F)(F)F)c2)n1. The van der Waals surface area contributed by atoms with Gasteiger partial charge in [0.1, 0.15) is 0 Å². The predicted molar refractivity (Wildman–Crippen MR) is 105 cm³/mol. The number of nitriles is 1. The number of alkyl halides is 6. The van der Waals surface area contributed by atoms with Crippen molar-refractivity contribution in [2.24, 2.45) is 0 Å². The first-order valence-corrected chi connectivity index (χ1v) is 9.55. The van der Waals surface area contributed by atoms with Crippen molar-refractivity contribution in [2.45, 2.75) is 32.2 Å². The lowest BCUT2D eigenvalue weighted by molar-refractivity contribution is -0.138. The van der Waals surface area contributed by atoms with Gasteiger partial charge in [0.2, 0.25) is 0 Å². The summed E-state index contributed by atoms with van der Waals surface area (Å²) in [7, 11) is 0. The van der Waals surface area contributed by atoms with E-state index < -0.39 is 35.1 Å². The molecule has 0 aliphatic carbocycles. The van der Waals surface area contributed by atoms with Gasteiger partial charge in [-0.15, -0.1) is 0 Å². The summed E-state index contributed by atoms with van der Waals surface area (Å²) < 4.78 is 86.6. The lowest BCUT2D eigenvalue weighted by atomic mass is 10.0. The zero-order valence-electron chi connectivity index (χ0n) is 17.1. The second kappa shape index (κ2) is 7.65. The van der Waals surface area contributed by atoms with E-state index in [0.29, 0.717) is 5.69 Å². The number of rotatable bonds is 3. The molecule has 0 N–H and O–H groups in total. The molecule has 4 rings (SSSR count). The van der Waals surface area contributed by atoms with Crippen LogP contribution < -0.4 is 0 Å². The molecule has 170 valence electrons. The average Bonchev–Trinajstić information content (AvgIpc) is 3.35. The van der Waals surface area contributed by atoms with Crippen molar-refractivity contribution in [1.29, 1.82) is 5.26 Å². The Kier molecular flexibility index (Phi) is 5.19. The van der Waals surface area contributed by atoms with Crippen molar-refractivity contribution in [3.8, 4) is 17.5 Å². The van der Waals surface area contributed by atoms with Crippen molar-refractivity contribution in [3.63, 3.8) is 0 Å². The van der Waals surface area contributed by atoms with Crippen LogP contribution in [0.25, 0.3) is 22.4 Å². The van der Waals surface area contributed by atoms with Crippen molar-refractivity contribution in [3.05, 3.63) is 70.7 Å². The van der Waals surface area contributed by atoms with E-state index in [1.54, 1.807) is 24.5 Å². The van der Waals surface area contributed by atoms with E-state index in [0.717, 1.165) is 18.2 Å². The van der Waals surface area contributed by atoms with E-state index in [1.807, 2.05) is 0 Å². The Morgan fingerprint density at radius 1 is 1.03 bits per heavy atom. The maximum atomic E-state index is 13.7. The van der Waals surface area contributed by atoms with Crippen molar-refractivity contribution >= 4 is 10.9 Å². The van der Waals surface area contributed by atoms with Crippen LogP contribution in [0, 0.1) is 18.3 Å². The van der Waals surface area contributed by atoms with Crippen LogP contribution in [-0.2, 0) is 12.4 Å². The van der Waals surface area contributed by atoms with Gasteiger partial charge in [-0.25, -0.2) is 0 Å². The van der Waals surface area contributed by atoms with Gasteiger partial charge in [0, 0.05) is 22.2 Å². The maximum absolute atomic E-state index is 13.7. The highest BCUT2D eigenvalue weighted by Crippen LogP contribution is 2.40. The Balaban J connectivity index is 1.79. The molecule has 1 atom stereocenters. The standard InChI is InChI=1S/C22H14F6N4O/c1-11-8-16-17(7-6-14(10-29)18(16)22(26,27)28)32(11)12(2)19-30-20(33-31-19)13-4-3-5-15(9-13)21(23,24)25/h3-9,12H,1-2H3. The van der Waals surface area contributed by atoms with E-state index in [2.05, 4.69) is 10.1 Å². The molecule has 5 nitrogen and oxygen atoms in total. The molecule has 0 spiro atoms. The maximum Gasteiger partial charge on any atom is 0.418 e. The second-order valence-electron chi connectivity index (χ2n) is 7.40. The predicted octanol–water partition coefficient (Wildman–Crippen LogP) is 6.52. The van der Waals surface area contributed by atoms with Gasteiger partial charge in [-0.2, -0.15) is 36.6 Å². The first-order valence-electron chi connectivity index (χ1n) is 9.55. The van der Waals surface area contributed by atoms with Gasteiger partial charge < -0.3 is 9.09 Å². The fourth-order valence-electron chi connectivity index (χ4n) is 3.81. The van der Waals surface area contributed by atoms with Gasteiger partial charge in [0.05, 0.1) is 28.8 Å². The first kappa shape index (κ1) is 22.4. The summed E-state index contributed by atoms with van der Waals surface area (Å²) >= 11 is 0. The summed E-state index contributed by atoms with van der Waals surface area (Å²) in [5, 5.41) is 12.8. The van der Waals surface area contributed by atoms with Gasteiger partial charge in [-0.3, -0.25) is 0 Å². The Bertz CT molecular complexity index is 1390. The Morgan fingerprint density at radius 3 is 2.39 bits per heavy atom. The van der Waals surface area contributed by atoms with Crippen LogP contribution in [-0.4, -0.2) is 14.7 Å². The number of hydrogen-bond donors (Lipinski definition) is 0. The lowest BCUT2D eigenvalue weighted by Crippen LogP contribution is -2.11. The van der Waals surface area contributed by atoms with Crippen LogP contribution in [0.15, 0.2) is 47.0 Å². The van der Waals surface area contributed by atoms with E-state index in [-0.39, 0.29) is 28.2 Å². The van der Waals surface area contributed by atoms with Crippen molar-refractivity contribution < 1.29 is 30.9 Å². The number of aryl methyl sites for hydroxylation is 1. The summed E-state index contributed by atoms with van der Waals surface area (Å²) in [6, 6.07) is 9.06. The quantitative estimate of drug-likeness (QED) is 0.324. The molecular weight excluding hydrogens is 450 g/mol. The van der Waals surface area contributed by atoms with Gasteiger partial charge in [0.15, 0.2) is 5.82 Å². The highest BCUT2D eigenvalue weighted by atomic mass is 19.4. The molecule has 0 saturated carbocycles. The molecule has 0 aliphatic heterocycles. The third-order valence-corrected chi connectivity index (χ3v) is 5.26. The molecule has 33 heavy (non-hydrogen) atoms. The molecule has 4 aromatic rings. The van der Waals surface area contributed by atoms with Gasteiger partial charge in [-0.05, 0) is 50.2 Å². The highest BCUT2D eigenvalue weighted by Gasteiger charge is 2.37. The number of nitrogens with zero attached hydrogens (tertiary/aromatic N) is 4. The third kappa shape index (κ3) is 3.92. The number of fused-ring (bicyclic) bond motifs is 1. The van der Waals surface area contributed by atoms with E-state index in [4.69, 9.17) is 9.78 Å². The molecule has 2 aromatic carbocycles. The van der Waals surface area contributed by atoms with E-state index in [1.165, 1.54) is 24.3 Å². The fourth-order valence-corrected chi connectivity index (χ4v) is 3.81. The smallest absolute Gasteiger partial charge is 0.334 e. The molecule has 0 bridgehead atoms. The van der Waals surface area contributed by atoms with Crippen LogP contribution in [0.5, 0.6) is 0 Å². The third-order valence-electron chi connectivity index (χ3n) is 5.26. The molecule has 1 unspecified atom stereocenters. The molecule has 0 aliphatic rings. The number of aromatic nitrogens is 3. The van der Waals surface area contributed by atoms with Crippen LogP contribution in [0.2, 0.25) is 0 Å². The normalized spacial score (nSPS) is 13.3. The lowest BCUT2D eigenvalue weighted by Gasteiger charge is -2.15. The first-order chi connectivity index (χ1) is 15.4. The summed E-state index contributed by atoms with van der Waals surface area (Å²) in [4.78, 5) is 4.17. The van der Waals surface area contributed by atoms with Gasteiger partial charge >= 0.3 is 12.4 Å². The van der Waals surface area contributed by atoms with Crippen LogP contribution in [0.3, 0.4) is 0 Å². The van der Waals surface area contributed by atoms with Crippen LogP contribution in [0.1, 0.15) is 41.2 Å². The molecule has 0 radical (unpaired) electrons. The number of halogens is 6. The van der Waals surface area contributed by atoms with Crippen LogP contribution >= 0.6 is 0 Å². The Morgan fingerprint density at radius 2 is 1.76 bits per heavy atom. The summed E-state index contributed by atoms with van der Waals surface area (Å²) in [5.41, 5.74) is -1.70. The molecular formula is C22H14F6N4O. The summed E-state index contributed by atoms with van der Waals surface area (Å²) in [6.45, 7) is 3.22. The van der Waals surface area contributed by atoms with E-state index in [9.17, 15) is 26.3 Å². The molecule has 0 amide bonds. The second-order valence-corrected chi connectivity index (χ2v) is 7.40. The summed E-state index contributed by atoms with van der Waals surface area (Å²) in [5.74, 6) is -0.0826. The van der Waals surface area contributed by atoms with E-state index >= 15 is 0 Å². The minimum Gasteiger partial charge on any atom is -0.334 e. The average molecular weight is 464 g/mol. The fraction of sp³-hybridized carbons (Fsp3) is 0.227. The minimum absolute atomic E-state index is 0.0582. The largest absolute Gasteiger partial charge is 0.418 e. The van der Waals surface area contributed by atoms with Gasteiger partial charge in [0.25, 0.3) is 5.89 Å². The molecule has 0 fully saturated rings. The summed E-state index contributed by atoms with van der Waals surface area (Å²) in [6.07, 6.45) is -9.29. The van der Waals surface area contributed by atoms with Crippen molar-refractivity contribution in [1.82, 2.24) is 14.7 Å². The molecule has 0 saturated heterocycles. The minimum atomic E-state index is -4.74. The molecule has 2 heterocycles. The Hall–Kier alpha value is -3.81. The number of hydrogen-bond acceptors (Lipinski definition) is 4. The highest BCUT2D eigenvalue weighted by molar-refractivity contribution is 5.87. The number of benzene rings is 2. The Labute approximate surface area is 182 Å². The monoisotopic (exact) mass is 464 g/mol. The van der Waals surface area contributed by atoms with Crippen molar-refractivity contribution in [2.75, 3.05) is 0 Å². The zero-order chi connectivity index (χ0) is 24.1. The van der Waals surface area contributed by atoms with Gasteiger partial charge in [-0.1, -0.05) is 11.2 Å². The zero-order valence-corrected chi connectivity index (χ0v) is 17.1. The molecule has 2 aromatic heterocycles. The molecule has 11 heteroatoms. The topological polar surface area (TPSA) is 67.6 Å².